The molecule has 0 saturated carbocycles. The van der Waals surface area contributed by atoms with Crippen molar-refractivity contribution in [2.24, 2.45) is 0 Å². The highest BCUT2D eigenvalue weighted by molar-refractivity contribution is 5.93. The van der Waals surface area contributed by atoms with Crippen LogP contribution in [0.25, 0.3) is 0 Å². The number of benzene rings is 2. The third-order valence-electron chi connectivity index (χ3n) is 4.79. The fraction of sp³-hybridized carbons (Fsp3) is 0.391. The van der Waals surface area contributed by atoms with E-state index in [0.29, 0.717) is 35.9 Å². The van der Waals surface area contributed by atoms with E-state index in [9.17, 15) is 9.59 Å². The summed E-state index contributed by atoms with van der Waals surface area (Å²) in [6.45, 7) is 2.98. The Kier molecular flexibility index (Phi) is 8.09. The Hall–Kier alpha value is -3.22. The van der Waals surface area contributed by atoms with Gasteiger partial charge in [-0.05, 0) is 42.3 Å². The van der Waals surface area contributed by atoms with E-state index < -0.39 is 0 Å². The van der Waals surface area contributed by atoms with Gasteiger partial charge in [0.15, 0.2) is 11.5 Å². The number of nitrogens with zero attached hydrogens (tertiary/aromatic N) is 2. The number of hydrogen-bond acceptors (Lipinski definition) is 5. The van der Waals surface area contributed by atoms with E-state index in [1.165, 1.54) is 4.90 Å². The summed E-state index contributed by atoms with van der Waals surface area (Å²) in [6, 6.07) is 10.9. The molecule has 7 nitrogen and oxygen atoms in total. The zero-order valence-electron chi connectivity index (χ0n) is 18.5. The molecular formula is C23H30N2O5. The Labute approximate surface area is 178 Å². The Morgan fingerprint density at radius 2 is 1.43 bits per heavy atom. The fourth-order valence-corrected chi connectivity index (χ4v) is 3.13. The van der Waals surface area contributed by atoms with Gasteiger partial charge in [0, 0.05) is 32.7 Å². The largest absolute Gasteiger partial charge is 0.493 e. The van der Waals surface area contributed by atoms with E-state index in [2.05, 4.69) is 0 Å². The highest BCUT2D eigenvalue weighted by atomic mass is 16.5. The molecule has 0 atom stereocenters. The molecule has 0 fully saturated rings. The van der Waals surface area contributed by atoms with Gasteiger partial charge in [0.25, 0.3) is 5.91 Å². The molecule has 30 heavy (non-hydrogen) atoms. The first-order chi connectivity index (χ1) is 14.3. The Morgan fingerprint density at radius 1 is 0.867 bits per heavy atom. The number of rotatable bonds is 9. The minimum absolute atomic E-state index is 0.0137. The minimum Gasteiger partial charge on any atom is -0.493 e. The third-order valence-corrected chi connectivity index (χ3v) is 4.79. The molecule has 2 amide bonds. The van der Waals surface area contributed by atoms with Crippen molar-refractivity contribution >= 4 is 11.8 Å². The second-order valence-electron chi connectivity index (χ2n) is 7.01. The van der Waals surface area contributed by atoms with Crippen LogP contribution in [0.3, 0.4) is 0 Å². The van der Waals surface area contributed by atoms with Crippen LogP contribution >= 0.6 is 0 Å². The molecule has 0 bridgehead atoms. The van der Waals surface area contributed by atoms with Crippen molar-refractivity contribution < 1.29 is 23.8 Å². The Balaban J connectivity index is 2.14. The van der Waals surface area contributed by atoms with E-state index in [1.54, 1.807) is 64.6 Å². The summed E-state index contributed by atoms with van der Waals surface area (Å²) < 4.78 is 16.1. The Bertz CT molecular complexity index is 853. The lowest BCUT2D eigenvalue weighted by molar-refractivity contribution is -0.130. The van der Waals surface area contributed by atoms with Crippen molar-refractivity contribution in [1.29, 1.82) is 0 Å². The van der Waals surface area contributed by atoms with Gasteiger partial charge >= 0.3 is 0 Å². The molecule has 2 rings (SSSR count). The van der Waals surface area contributed by atoms with Crippen LogP contribution in [0.2, 0.25) is 0 Å². The standard InChI is InChI=1S/C23H30N2O5/c1-7-25(15-16-8-10-18(11-9-16)23(27)24(2)3)21(26)14-17-12-19(28-4)22(30-6)20(13-17)29-5/h8-13H,7,14-15H2,1-6H3. The third kappa shape index (κ3) is 5.43. The van der Waals surface area contributed by atoms with Crippen LogP contribution in [-0.2, 0) is 17.8 Å². The zero-order chi connectivity index (χ0) is 22.3. The highest BCUT2D eigenvalue weighted by Gasteiger charge is 2.18. The molecule has 0 saturated heterocycles. The van der Waals surface area contributed by atoms with Crippen LogP contribution in [-0.4, -0.2) is 63.6 Å². The van der Waals surface area contributed by atoms with Gasteiger partial charge in [-0.1, -0.05) is 12.1 Å². The molecule has 0 unspecified atom stereocenters. The first kappa shape index (κ1) is 23.1. The molecule has 0 aliphatic heterocycles. The molecule has 0 N–H and O–H groups in total. The van der Waals surface area contributed by atoms with E-state index in [0.717, 1.165) is 11.1 Å². The maximum atomic E-state index is 12.9. The number of likely N-dealkylation sites (N-methyl/N-ethyl adjacent to an activating group) is 1. The number of carbonyl (C=O) groups is 2. The van der Waals surface area contributed by atoms with Crippen molar-refractivity contribution in [2.45, 2.75) is 19.9 Å². The number of hydrogen-bond donors (Lipinski definition) is 0. The lowest BCUT2D eigenvalue weighted by Gasteiger charge is -2.22. The summed E-state index contributed by atoms with van der Waals surface area (Å²) in [5.41, 5.74) is 2.36. The second-order valence-corrected chi connectivity index (χ2v) is 7.01. The molecular weight excluding hydrogens is 384 g/mol. The minimum atomic E-state index is -0.0487. The zero-order valence-corrected chi connectivity index (χ0v) is 18.5. The summed E-state index contributed by atoms with van der Waals surface area (Å²) >= 11 is 0. The summed E-state index contributed by atoms with van der Waals surface area (Å²) in [6.07, 6.45) is 0.210. The monoisotopic (exact) mass is 414 g/mol. The number of amides is 2. The van der Waals surface area contributed by atoms with Crippen LogP contribution in [0.1, 0.15) is 28.4 Å². The van der Waals surface area contributed by atoms with Crippen LogP contribution in [0, 0.1) is 0 Å². The topological polar surface area (TPSA) is 68.3 Å². The van der Waals surface area contributed by atoms with Gasteiger partial charge in [0.2, 0.25) is 11.7 Å². The lowest BCUT2D eigenvalue weighted by Crippen LogP contribution is -2.31. The molecule has 0 heterocycles. The van der Waals surface area contributed by atoms with Gasteiger partial charge in [-0.15, -0.1) is 0 Å². The van der Waals surface area contributed by atoms with E-state index in [4.69, 9.17) is 14.2 Å². The quantitative estimate of drug-likeness (QED) is 0.631. The molecule has 2 aromatic rings. The smallest absolute Gasteiger partial charge is 0.253 e. The van der Waals surface area contributed by atoms with Crippen molar-refractivity contribution in [2.75, 3.05) is 42.0 Å². The number of carbonyl (C=O) groups excluding carboxylic acids is 2. The summed E-state index contributed by atoms with van der Waals surface area (Å²) in [7, 11) is 8.08. The van der Waals surface area contributed by atoms with Crippen LogP contribution in [0.15, 0.2) is 36.4 Å². The lowest BCUT2D eigenvalue weighted by atomic mass is 10.1. The van der Waals surface area contributed by atoms with Gasteiger partial charge < -0.3 is 24.0 Å². The molecule has 0 spiro atoms. The molecule has 2 aromatic carbocycles. The maximum Gasteiger partial charge on any atom is 0.253 e. The van der Waals surface area contributed by atoms with Crippen LogP contribution in [0.5, 0.6) is 17.2 Å². The highest BCUT2D eigenvalue weighted by Crippen LogP contribution is 2.38. The van der Waals surface area contributed by atoms with Gasteiger partial charge in [-0.25, -0.2) is 0 Å². The van der Waals surface area contributed by atoms with Crippen molar-refractivity contribution in [3.63, 3.8) is 0 Å². The summed E-state index contributed by atoms with van der Waals surface area (Å²) in [5, 5.41) is 0. The Morgan fingerprint density at radius 3 is 1.87 bits per heavy atom. The second kappa shape index (κ2) is 10.5. The maximum absolute atomic E-state index is 12.9. The first-order valence-electron chi connectivity index (χ1n) is 9.71. The number of ether oxygens (including phenoxy) is 3. The predicted molar refractivity (Wildman–Crippen MR) is 115 cm³/mol. The van der Waals surface area contributed by atoms with Gasteiger partial charge in [0.05, 0.1) is 27.8 Å². The van der Waals surface area contributed by atoms with Crippen molar-refractivity contribution in [1.82, 2.24) is 9.80 Å². The SMILES string of the molecule is CCN(Cc1ccc(C(=O)N(C)C)cc1)C(=O)Cc1cc(OC)c(OC)c(OC)c1. The van der Waals surface area contributed by atoms with Gasteiger partial charge in [-0.3, -0.25) is 9.59 Å². The van der Waals surface area contributed by atoms with Crippen molar-refractivity contribution in [3.8, 4) is 17.2 Å². The predicted octanol–water partition coefficient (Wildman–Crippen LogP) is 3.01. The molecule has 7 heteroatoms. The fourth-order valence-electron chi connectivity index (χ4n) is 3.13. The van der Waals surface area contributed by atoms with E-state index >= 15 is 0 Å². The summed E-state index contributed by atoms with van der Waals surface area (Å²) in [5.74, 6) is 1.47. The van der Waals surface area contributed by atoms with E-state index in [1.807, 2.05) is 19.1 Å². The van der Waals surface area contributed by atoms with Gasteiger partial charge in [0.1, 0.15) is 0 Å². The van der Waals surface area contributed by atoms with Crippen LogP contribution in [0.4, 0.5) is 0 Å². The molecule has 0 aromatic heterocycles. The van der Waals surface area contributed by atoms with Crippen LogP contribution < -0.4 is 14.2 Å². The van der Waals surface area contributed by atoms with E-state index in [-0.39, 0.29) is 18.2 Å². The first-order valence-corrected chi connectivity index (χ1v) is 9.71. The summed E-state index contributed by atoms with van der Waals surface area (Å²) in [4.78, 5) is 28.3. The molecule has 162 valence electrons. The average molecular weight is 415 g/mol. The van der Waals surface area contributed by atoms with Crippen molar-refractivity contribution in [3.05, 3.63) is 53.1 Å². The molecule has 0 aliphatic carbocycles. The molecule has 0 radical (unpaired) electrons. The number of methoxy groups -OCH3 is 3. The normalized spacial score (nSPS) is 10.3. The average Bonchev–Trinajstić information content (AvgIpc) is 2.76. The molecule has 0 aliphatic rings. The van der Waals surface area contributed by atoms with Gasteiger partial charge in [-0.2, -0.15) is 0 Å².